The summed E-state index contributed by atoms with van der Waals surface area (Å²) in [7, 11) is 1.78. The van der Waals surface area contributed by atoms with Gasteiger partial charge in [0.15, 0.2) is 0 Å². The van der Waals surface area contributed by atoms with Crippen molar-refractivity contribution in [2.45, 2.75) is 25.1 Å². The van der Waals surface area contributed by atoms with E-state index in [1.54, 1.807) is 11.7 Å². The van der Waals surface area contributed by atoms with Crippen molar-refractivity contribution in [3.05, 3.63) is 47.0 Å². The maximum absolute atomic E-state index is 12.1. The number of nitrogens with one attached hydrogen (secondary N) is 2. The molecule has 2 amide bonds. The predicted octanol–water partition coefficient (Wildman–Crippen LogP) is 1.80. The third-order valence-electron chi connectivity index (χ3n) is 3.82. The molecule has 0 saturated carbocycles. The summed E-state index contributed by atoms with van der Waals surface area (Å²) in [5.74, 6) is 0.692. The van der Waals surface area contributed by atoms with Gasteiger partial charge in [0.1, 0.15) is 18.3 Å². The van der Waals surface area contributed by atoms with Gasteiger partial charge in [0, 0.05) is 18.7 Å². The molecule has 1 saturated heterocycles. The lowest BCUT2D eigenvalue weighted by atomic mass is 10.0. The van der Waals surface area contributed by atoms with E-state index in [1.807, 2.05) is 24.3 Å². The number of aromatic nitrogens is 3. The van der Waals surface area contributed by atoms with Crippen molar-refractivity contribution in [1.29, 1.82) is 0 Å². The minimum Gasteiger partial charge on any atom is -0.371 e. The van der Waals surface area contributed by atoms with Crippen LogP contribution in [0.25, 0.3) is 0 Å². The fraction of sp³-hybridized carbons (Fsp3) is 0.400. The van der Waals surface area contributed by atoms with Crippen molar-refractivity contribution in [3.8, 4) is 0 Å². The first-order valence-electron chi connectivity index (χ1n) is 7.38. The van der Waals surface area contributed by atoms with Gasteiger partial charge in [-0.1, -0.05) is 23.7 Å². The molecule has 2 N–H and O–H groups in total. The van der Waals surface area contributed by atoms with Crippen LogP contribution in [-0.2, 0) is 18.3 Å². The highest BCUT2D eigenvalue weighted by atomic mass is 35.5. The second-order valence-electron chi connectivity index (χ2n) is 5.37. The van der Waals surface area contributed by atoms with Gasteiger partial charge in [-0.2, -0.15) is 5.10 Å². The minimum atomic E-state index is -0.248. The minimum absolute atomic E-state index is 0.0735. The largest absolute Gasteiger partial charge is 0.371 e. The van der Waals surface area contributed by atoms with Crippen molar-refractivity contribution >= 4 is 17.6 Å². The lowest BCUT2D eigenvalue weighted by Crippen LogP contribution is -2.43. The number of urea groups is 1. The first-order chi connectivity index (χ1) is 11.1. The van der Waals surface area contributed by atoms with E-state index in [0.717, 1.165) is 12.0 Å². The molecule has 2 heterocycles. The van der Waals surface area contributed by atoms with E-state index in [2.05, 4.69) is 20.7 Å². The molecule has 7 nitrogen and oxygen atoms in total. The lowest BCUT2D eigenvalue weighted by Gasteiger charge is -2.20. The van der Waals surface area contributed by atoms with Crippen molar-refractivity contribution in [1.82, 2.24) is 25.4 Å². The van der Waals surface area contributed by atoms with Crippen LogP contribution in [0.4, 0.5) is 4.79 Å². The Hall–Kier alpha value is -2.12. The summed E-state index contributed by atoms with van der Waals surface area (Å²) in [6.45, 7) is 0.934. The molecule has 122 valence electrons. The van der Waals surface area contributed by atoms with Crippen LogP contribution < -0.4 is 10.6 Å². The molecule has 3 rings (SSSR count). The number of benzene rings is 1. The number of ether oxygens (including phenoxy) is 1. The molecule has 1 aliphatic heterocycles. The molecule has 8 heteroatoms. The van der Waals surface area contributed by atoms with Crippen LogP contribution in [0.5, 0.6) is 0 Å². The summed E-state index contributed by atoms with van der Waals surface area (Å²) < 4.78 is 7.37. The van der Waals surface area contributed by atoms with E-state index in [0.29, 0.717) is 24.0 Å². The fourth-order valence-electron chi connectivity index (χ4n) is 2.58. The molecule has 1 fully saturated rings. The molecular formula is C15H18ClN5O2. The second kappa shape index (κ2) is 6.97. The SMILES string of the molecule is Cn1ncnc1CNC(=O)N[C@H]1CCO[C@H]1c1ccc(Cl)cc1. The normalized spacial score (nSPS) is 20.4. The molecule has 2 aromatic rings. The van der Waals surface area contributed by atoms with Gasteiger partial charge in [-0.25, -0.2) is 9.78 Å². The van der Waals surface area contributed by atoms with Gasteiger partial charge in [-0.15, -0.1) is 0 Å². The van der Waals surface area contributed by atoms with Crippen LogP contribution >= 0.6 is 11.6 Å². The van der Waals surface area contributed by atoms with Gasteiger partial charge in [0.25, 0.3) is 0 Å². The average molecular weight is 336 g/mol. The molecular weight excluding hydrogens is 318 g/mol. The summed E-state index contributed by atoms with van der Waals surface area (Å²) in [6, 6.07) is 7.17. The van der Waals surface area contributed by atoms with E-state index >= 15 is 0 Å². The zero-order chi connectivity index (χ0) is 16.2. The summed E-state index contributed by atoms with van der Waals surface area (Å²) in [5.41, 5.74) is 1.01. The number of rotatable bonds is 4. The van der Waals surface area contributed by atoms with Crippen molar-refractivity contribution in [2.24, 2.45) is 7.05 Å². The summed E-state index contributed by atoms with van der Waals surface area (Å²) in [4.78, 5) is 16.1. The predicted molar refractivity (Wildman–Crippen MR) is 84.9 cm³/mol. The zero-order valence-corrected chi connectivity index (χ0v) is 13.5. The third-order valence-corrected chi connectivity index (χ3v) is 4.07. The Balaban J connectivity index is 1.56. The molecule has 0 radical (unpaired) electrons. The van der Waals surface area contributed by atoms with Gasteiger partial charge in [-0.3, -0.25) is 4.68 Å². The number of amides is 2. The van der Waals surface area contributed by atoms with Gasteiger partial charge >= 0.3 is 6.03 Å². The number of carbonyl (C=O) groups excluding carboxylic acids is 1. The van der Waals surface area contributed by atoms with Crippen LogP contribution in [-0.4, -0.2) is 33.4 Å². The smallest absolute Gasteiger partial charge is 0.315 e. The van der Waals surface area contributed by atoms with E-state index in [-0.39, 0.29) is 18.2 Å². The number of halogens is 1. The van der Waals surface area contributed by atoms with Gasteiger partial charge in [-0.05, 0) is 24.1 Å². The van der Waals surface area contributed by atoms with Crippen LogP contribution in [0.15, 0.2) is 30.6 Å². The van der Waals surface area contributed by atoms with Crippen molar-refractivity contribution < 1.29 is 9.53 Å². The number of hydrogen-bond donors (Lipinski definition) is 2. The van der Waals surface area contributed by atoms with Crippen LogP contribution in [0.3, 0.4) is 0 Å². The third kappa shape index (κ3) is 3.80. The van der Waals surface area contributed by atoms with Crippen LogP contribution in [0.2, 0.25) is 5.02 Å². The quantitative estimate of drug-likeness (QED) is 0.892. The standard InChI is InChI=1S/C15H18ClN5O2/c1-21-13(18-9-19-21)8-17-15(22)20-12-6-7-23-14(12)10-2-4-11(16)5-3-10/h2-5,9,12,14H,6-8H2,1H3,(H2,17,20,22)/t12-,14-/m0/s1. The van der Waals surface area contributed by atoms with Crippen molar-refractivity contribution in [2.75, 3.05) is 6.61 Å². The molecule has 1 aliphatic rings. The van der Waals surface area contributed by atoms with E-state index < -0.39 is 0 Å². The summed E-state index contributed by atoms with van der Waals surface area (Å²) in [6.07, 6.45) is 2.06. The monoisotopic (exact) mass is 335 g/mol. The highest BCUT2D eigenvalue weighted by molar-refractivity contribution is 6.30. The molecule has 0 spiro atoms. The molecule has 1 aromatic heterocycles. The first kappa shape index (κ1) is 15.8. The van der Waals surface area contributed by atoms with Gasteiger partial charge in [0.05, 0.1) is 12.6 Å². The Morgan fingerprint density at radius 2 is 2.22 bits per heavy atom. The number of hydrogen-bond acceptors (Lipinski definition) is 4. The molecule has 23 heavy (non-hydrogen) atoms. The summed E-state index contributed by atoms with van der Waals surface area (Å²) in [5, 5.41) is 10.4. The number of carbonyl (C=O) groups is 1. The van der Waals surface area contributed by atoms with Crippen molar-refractivity contribution in [3.63, 3.8) is 0 Å². The molecule has 1 aromatic carbocycles. The Labute approximate surface area is 139 Å². The first-order valence-corrected chi connectivity index (χ1v) is 7.75. The molecule has 2 atom stereocenters. The number of aryl methyl sites for hydroxylation is 1. The summed E-state index contributed by atoms with van der Waals surface area (Å²) >= 11 is 5.91. The molecule has 0 bridgehead atoms. The Morgan fingerprint density at radius 1 is 1.43 bits per heavy atom. The molecule has 0 aliphatic carbocycles. The second-order valence-corrected chi connectivity index (χ2v) is 5.80. The maximum Gasteiger partial charge on any atom is 0.315 e. The topological polar surface area (TPSA) is 81.1 Å². The van der Waals surface area contributed by atoms with Gasteiger partial charge < -0.3 is 15.4 Å². The fourth-order valence-corrected chi connectivity index (χ4v) is 2.70. The van der Waals surface area contributed by atoms with E-state index in [1.165, 1.54) is 6.33 Å². The van der Waals surface area contributed by atoms with Crippen LogP contribution in [0.1, 0.15) is 23.9 Å². The number of nitrogens with zero attached hydrogens (tertiary/aromatic N) is 3. The highest BCUT2D eigenvalue weighted by Crippen LogP contribution is 2.29. The van der Waals surface area contributed by atoms with Crippen LogP contribution in [0, 0.1) is 0 Å². The molecule has 0 unspecified atom stereocenters. The van der Waals surface area contributed by atoms with E-state index in [9.17, 15) is 4.79 Å². The zero-order valence-electron chi connectivity index (χ0n) is 12.7. The maximum atomic E-state index is 12.1. The Bertz CT molecular complexity index is 673. The van der Waals surface area contributed by atoms with Gasteiger partial charge in [0.2, 0.25) is 0 Å². The highest BCUT2D eigenvalue weighted by Gasteiger charge is 2.30. The Morgan fingerprint density at radius 3 is 2.91 bits per heavy atom. The van der Waals surface area contributed by atoms with E-state index in [4.69, 9.17) is 16.3 Å². The Kier molecular flexibility index (Phi) is 4.78. The lowest BCUT2D eigenvalue weighted by molar-refractivity contribution is 0.0999. The average Bonchev–Trinajstić information content (AvgIpc) is 3.15.